The number of ether oxygens (including phenoxy) is 2. The summed E-state index contributed by atoms with van der Waals surface area (Å²) in [5, 5.41) is 0. The summed E-state index contributed by atoms with van der Waals surface area (Å²) in [6, 6.07) is 0. The molecule has 1 atom stereocenters. The summed E-state index contributed by atoms with van der Waals surface area (Å²) in [6.07, 6.45) is 0.705. The molecule has 5 heteroatoms. The van der Waals surface area contributed by atoms with Crippen LogP contribution in [0.3, 0.4) is 0 Å². The number of amides is 2. The fourth-order valence-corrected chi connectivity index (χ4v) is 2.29. The minimum Gasteiger partial charge on any atom is -0.443 e. The minimum absolute atomic E-state index is 0.148. The van der Waals surface area contributed by atoms with Crippen LogP contribution in [0.4, 0.5) is 4.79 Å². The maximum atomic E-state index is 11.9. The van der Waals surface area contributed by atoms with Crippen LogP contribution < -0.4 is 0 Å². The summed E-state index contributed by atoms with van der Waals surface area (Å²) in [5.74, 6) is -0.148. The highest BCUT2D eigenvalue weighted by atomic mass is 16.6. The van der Waals surface area contributed by atoms with Gasteiger partial charge in [0.15, 0.2) is 0 Å². The van der Waals surface area contributed by atoms with Gasteiger partial charge in [-0.3, -0.25) is 4.79 Å². The molecule has 0 aromatic carbocycles. The van der Waals surface area contributed by atoms with Gasteiger partial charge < -0.3 is 9.47 Å². The molecule has 2 rings (SSSR count). The lowest BCUT2D eigenvalue weighted by Crippen LogP contribution is -2.38. The molecule has 0 aromatic rings. The molecule has 5 nitrogen and oxygen atoms in total. The Hall–Kier alpha value is -1.10. The molecule has 0 N–H and O–H groups in total. The first-order valence-corrected chi connectivity index (χ1v) is 5.93. The zero-order chi connectivity index (χ0) is 12.7. The average molecular weight is 241 g/mol. The largest absolute Gasteiger partial charge is 0.443 e. The zero-order valence-electron chi connectivity index (χ0n) is 10.6. The number of hydrogen-bond donors (Lipinski definition) is 0. The van der Waals surface area contributed by atoms with Crippen LogP contribution >= 0.6 is 0 Å². The first-order valence-electron chi connectivity index (χ1n) is 5.93. The summed E-state index contributed by atoms with van der Waals surface area (Å²) >= 11 is 0. The van der Waals surface area contributed by atoms with Crippen molar-refractivity contribution < 1.29 is 19.1 Å². The van der Waals surface area contributed by atoms with Crippen molar-refractivity contribution in [1.82, 2.24) is 4.90 Å². The van der Waals surface area contributed by atoms with Gasteiger partial charge in [-0.1, -0.05) is 0 Å². The standard InChI is InChI=1S/C12H19NO4/c1-11(2,3)17-10(15)13-7-12(6-9(13)14)4-5-16-8-12/h4-8H2,1-3H3. The highest BCUT2D eigenvalue weighted by Gasteiger charge is 2.48. The minimum atomic E-state index is -0.570. The van der Waals surface area contributed by atoms with Crippen molar-refractivity contribution in [3.8, 4) is 0 Å². The van der Waals surface area contributed by atoms with Crippen molar-refractivity contribution in [2.75, 3.05) is 19.8 Å². The first kappa shape index (κ1) is 12.4. The molecule has 1 spiro atoms. The number of rotatable bonds is 0. The van der Waals surface area contributed by atoms with E-state index in [9.17, 15) is 9.59 Å². The molecule has 1 unspecified atom stereocenters. The second-order valence-corrected chi connectivity index (χ2v) is 5.94. The van der Waals surface area contributed by atoms with Crippen molar-refractivity contribution in [2.45, 2.75) is 39.2 Å². The van der Waals surface area contributed by atoms with E-state index >= 15 is 0 Å². The van der Waals surface area contributed by atoms with Gasteiger partial charge in [-0.25, -0.2) is 9.69 Å². The van der Waals surface area contributed by atoms with Gasteiger partial charge in [0.2, 0.25) is 5.91 Å². The molecule has 2 aliphatic heterocycles. The number of carbonyl (C=O) groups excluding carboxylic acids is 2. The Morgan fingerprint density at radius 3 is 2.71 bits per heavy atom. The van der Waals surface area contributed by atoms with E-state index < -0.39 is 11.7 Å². The molecule has 17 heavy (non-hydrogen) atoms. The van der Waals surface area contributed by atoms with E-state index in [0.717, 1.165) is 6.42 Å². The first-order chi connectivity index (χ1) is 7.81. The zero-order valence-corrected chi connectivity index (χ0v) is 10.6. The van der Waals surface area contributed by atoms with E-state index in [-0.39, 0.29) is 11.3 Å². The third-order valence-corrected chi connectivity index (χ3v) is 3.12. The Morgan fingerprint density at radius 1 is 1.47 bits per heavy atom. The van der Waals surface area contributed by atoms with Gasteiger partial charge in [0, 0.05) is 25.0 Å². The van der Waals surface area contributed by atoms with E-state index in [4.69, 9.17) is 9.47 Å². The molecular formula is C12H19NO4. The van der Waals surface area contributed by atoms with Crippen LogP contribution in [0, 0.1) is 5.41 Å². The molecule has 2 aliphatic rings. The predicted molar refractivity (Wildman–Crippen MR) is 60.4 cm³/mol. The number of hydrogen-bond acceptors (Lipinski definition) is 4. The van der Waals surface area contributed by atoms with Crippen molar-refractivity contribution in [3.63, 3.8) is 0 Å². The van der Waals surface area contributed by atoms with Gasteiger partial charge in [-0.2, -0.15) is 0 Å². The van der Waals surface area contributed by atoms with Gasteiger partial charge in [0.05, 0.1) is 6.61 Å². The molecule has 2 fully saturated rings. The molecule has 0 radical (unpaired) electrons. The van der Waals surface area contributed by atoms with Crippen molar-refractivity contribution in [2.24, 2.45) is 5.41 Å². The smallest absolute Gasteiger partial charge is 0.417 e. The number of imide groups is 1. The molecule has 0 saturated carbocycles. The van der Waals surface area contributed by atoms with Crippen LogP contribution in [0.2, 0.25) is 0 Å². The second kappa shape index (κ2) is 3.98. The lowest BCUT2D eigenvalue weighted by Gasteiger charge is -2.24. The van der Waals surface area contributed by atoms with Crippen molar-refractivity contribution in [1.29, 1.82) is 0 Å². The number of likely N-dealkylation sites (tertiary alicyclic amines) is 1. The van der Waals surface area contributed by atoms with Crippen LogP contribution in [0.5, 0.6) is 0 Å². The highest BCUT2D eigenvalue weighted by molar-refractivity contribution is 5.94. The Balaban J connectivity index is 2.03. The van der Waals surface area contributed by atoms with Crippen LogP contribution in [0.15, 0.2) is 0 Å². The molecule has 0 aromatic heterocycles. The van der Waals surface area contributed by atoms with Crippen LogP contribution in [0.1, 0.15) is 33.6 Å². The van der Waals surface area contributed by atoms with Gasteiger partial charge in [0.25, 0.3) is 0 Å². The monoisotopic (exact) mass is 241 g/mol. The summed E-state index contributed by atoms with van der Waals surface area (Å²) in [4.78, 5) is 24.9. The van der Waals surface area contributed by atoms with Gasteiger partial charge in [-0.05, 0) is 27.2 Å². The maximum Gasteiger partial charge on any atom is 0.417 e. The van der Waals surface area contributed by atoms with Gasteiger partial charge >= 0.3 is 6.09 Å². The van der Waals surface area contributed by atoms with E-state index in [2.05, 4.69) is 0 Å². The Labute approximate surface area is 101 Å². The summed E-state index contributed by atoms with van der Waals surface area (Å²) in [5.41, 5.74) is -0.729. The second-order valence-electron chi connectivity index (χ2n) is 5.94. The third kappa shape index (κ3) is 2.60. The SMILES string of the molecule is CC(C)(C)OC(=O)N1CC2(CCOC2)CC1=O. The van der Waals surface area contributed by atoms with Crippen LogP contribution in [-0.4, -0.2) is 42.3 Å². The van der Waals surface area contributed by atoms with Gasteiger partial charge in [-0.15, -0.1) is 0 Å². The third-order valence-electron chi connectivity index (χ3n) is 3.12. The Kier molecular flexibility index (Phi) is 2.89. The highest BCUT2D eigenvalue weighted by Crippen LogP contribution is 2.39. The van der Waals surface area contributed by atoms with E-state index in [1.807, 2.05) is 0 Å². The fourth-order valence-electron chi connectivity index (χ4n) is 2.29. The van der Waals surface area contributed by atoms with Crippen molar-refractivity contribution in [3.05, 3.63) is 0 Å². The summed E-state index contributed by atoms with van der Waals surface area (Å²) in [7, 11) is 0. The van der Waals surface area contributed by atoms with Crippen LogP contribution in [-0.2, 0) is 14.3 Å². The molecule has 2 saturated heterocycles. The fraction of sp³-hybridized carbons (Fsp3) is 0.833. The van der Waals surface area contributed by atoms with E-state index in [0.29, 0.717) is 26.2 Å². The average Bonchev–Trinajstić information content (AvgIpc) is 2.72. The molecule has 0 aliphatic carbocycles. The predicted octanol–water partition coefficient (Wildman–Crippen LogP) is 1.56. The molecule has 2 heterocycles. The van der Waals surface area contributed by atoms with Crippen molar-refractivity contribution >= 4 is 12.0 Å². The molecule has 0 bridgehead atoms. The summed E-state index contributed by atoms with van der Waals surface area (Å²) in [6.45, 7) is 7.05. The lowest BCUT2D eigenvalue weighted by molar-refractivity contribution is -0.127. The Morgan fingerprint density at radius 2 is 2.18 bits per heavy atom. The number of carbonyl (C=O) groups is 2. The quantitative estimate of drug-likeness (QED) is 0.646. The molecule has 2 amide bonds. The number of nitrogens with zero attached hydrogens (tertiary/aromatic N) is 1. The van der Waals surface area contributed by atoms with Crippen LogP contribution in [0.25, 0.3) is 0 Å². The van der Waals surface area contributed by atoms with E-state index in [1.165, 1.54) is 4.90 Å². The molecule has 96 valence electrons. The normalized spacial score (nSPS) is 29.1. The Bertz CT molecular complexity index is 339. The maximum absolute atomic E-state index is 11.9. The van der Waals surface area contributed by atoms with E-state index in [1.54, 1.807) is 20.8 Å². The summed E-state index contributed by atoms with van der Waals surface area (Å²) < 4.78 is 10.5. The topological polar surface area (TPSA) is 55.8 Å². The lowest BCUT2D eigenvalue weighted by atomic mass is 9.87. The van der Waals surface area contributed by atoms with Gasteiger partial charge in [0.1, 0.15) is 5.60 Å². The molecular weight excluding hydrogens is 222 g/mol.